The number of aliphatic imine (C=N–C) groups is 1. The molecule has 8 heteroatoms. The Morgan fingerprint density at radius 3 is 2.61 bits per heavy atom. The van der Waals surface area contributed by atoms with Gasteiger partial charge in [-0.05, 0) is 41.5 Å². The van der Waals surface area contributed by atoms with Gasteiger partial charge in [0.1, 0.15) is 23.5 Å². The summed E-state index contributed by atoms with van der Waals surface area (Å²) in [5.74, 6) is 1.51. The second-order valence-corrected chi connectivity index (χ2v) is 6.96. The van der Waals surface area contributed by atoms with Crippen molar-refractivity contribution in [1.29, 1.82) is 0 Å². The van der Waals surface area contributed by atoms with Crippen LogP contribution < -0.4 is 25.6 Å². The van der Waals surface area contributed by atoms with Gasteiger partial charge in [-0.1, -0.05) is 30.3 Å². The summed E-state index contributed by atoms with van der Waals surface area (Å²) in [6.45, 7) is 0. The van der Waals surface area contributed by atoms with E-state index in [1.807, 2.05) is 60.7 Å². The molecule has 1 aliphatic rings. The van der Waals surface area contributed by atoms with Gasteiger partial charge in [0.15, 0.2) is 0 Å². The van der Waals surface area contributed by atoms with Gasteiger partial charge in [0.2, 0.25) is 5.84 Å². The van der Waals surface area contributed by atoms with Crippen LogP contribution in [0.15, 0.2) is 71.9 Å². The van der Waals surface area contributed by atoms with Crippen LogP contribution in [0.3, 0.4) is 0 Å². The van der Waals surface area contributed by atoms with Crippen molar-refractivity contribution in [2.75, 3.05) is 19.2 Å². The number of hydrogen-bond acceptors (Lipinski definition) is 7. The molecule has 1 unspecified atom stereocenters. The summed E-state index contributed by atoms with van der Waals surface area (Å²) in [6, 6.07) is 19.3. The molecule has 0 fully saturated rings. The van der Waals surface area contributed by atoms with Crippen LogP contribution in [0, 0.1) is 0 Å². The summed E-state index contributed by atoms with van der Waals surface area (Å²) in [4.78, 5) is 20.7. The molecule has 0 saturated carbocycles. The first-order valence-electron chi connectivity index (χ1n) is 9.75. The number of anilines is 1. The fourth-order valence-corrected chi connectivity index (χ4v) is 3.47. The van der Waals surface area contributed by atoms with Crippen LogP contribution in [0.25, 0.3) is 11.1 Å². The van der Waals surface area contributed by atoms with Crippen molar-refractivity contribution < 1.29 is 14.3 Å². The number of benzene rings is 2. The second kappa shape index (κ2) is 8.74. The normalized spacial score (nSPS) is 15.2. The molecule has 158 valence electrons. The van der Waals surface area contributed by atoms with Gasteiger partial charge in [-0.25, -0.2) is 15.0 Å². The lowest BCUT2D eigenvalue weighted by Gasteiger charge is -2.24. The van der Waals surface area contributed by atoms with E-state index in [0.29, 0.717) is 18.0 Å². The fourth-order valence-electron chi connectivity index (χ4n) is 3.47. The summed E-state index contributed by atoms with van der Waals surface area (Å²) in [5, 5.41) is 1.75. The zero-order valence-corrected chi connectivity index (χ0v) is 17.3. The highest BCUT2D eigenvalue weighted by Gasteiger charge is 2.30. The van der Waals surface area contributed by atoms with Crippen molar-refractivity contribution in [3.63, 3.8) is 0 Å². The zero-order chi connectivity index (χ0) is 21.8. The topological polar surface area (TPSA) is 102 Å². The number of nitrogens with two attached hydrogens (primary N) is 1. The predicted octanol–water partition coefficient (Wildman–Crippen LogP) is 2.54. The van der Waals surface area contributed by atoms with Gasteiger partial charge in [0.25, 0.3) is 5.91 Å². The average molecular weight is 417 g/mol. The van der Waals surface area contributed by atoms with E-state index < -0.39 is 5.91 Å². The summed E-state index contributed by atoms with van der Waals surface area (Å²) >= 11 is 0. The van der Waals surface area contributed by atoms with E-state index in [-0.39, 0.29) is 12.0 Å². The first-order valence-corrected chi connectivity index (χ1v) is 9.75. The van der Waals surface area contributed by atoms with Crippen molar-refractivity contribution in [2.24, 2.45) is 10.7 Å². The van der Waals surface area contributed by atoms with E-state index in [0.717, 1.165) is 22.4 Å². The molecule has 1 aliphatic heterocycles. The highest BCUT2D eigenvalue weighted by molar-refractivity contribution is 6.38. The van der Waals surface area contributed by atoms with Crippen molar-refractivity contribution in [1.82, 2.24) is 10.4 Å². The molecular weight excluding hydrogens is 394 g/mol. The third-order valence-electron chi connectivity index (χ3n) is 5.01. The van der Waals surface area contributed by atoms with Gasteiger partial charge in [-0.3, -0.25) is 10.2 Å². The number of carbonyl (C=O) groups is 1. The molecule has 31 heavy (non-hydrogen) atoms. The SMILES string of the molecule is COc1ccc(OC)c(-c2ccnc(N3NC(C(N)=O)=NC3Cc3ccccc3)c2)c1. The minimum absolute atomic E-state index is 0.104. The van der Waals surface area contributed by atoms with Crippen LogP contribution in [0.1, 0.15) is 5.56 Å². The third kappa shape index (κ3) is 4.28. The lowest BCUT2D eigenvalue weighted by molar-refractivity contribution is -0.112. The Bertz CT molecular complexity index is 1120. The molecule has 1 amide bonds. The summed E-state index contributed by atoms with van der Waals surface area (Å²) in [5.41, 5.74) is 11.3. The number of nitrogens with one attached hydrogen (secondary N) is 1. The Balaban J connectivity index is 1.70. The highest BCUT2D eigenvalue weighted by Crippen LogP contribution is 2.35. The number of primary amides is 1. The van der Waals surface area contributed by atoms with E-state index in [1.165, 1.54) is 0 Å². The minimum Gasteiger partial charge on any atom is -0.497 e. The molecule has 1 aromatic heterocycles. The molecular formula is C23H23N5O3. The van der Waals surface area contributed by atoms with Gasteiger partial charge in [-0.15, -0.1) is 0 Å². The Labute approximate surface area is 180 Å². The van der Waals surface area contributed by atoms with E-state index in [2.05, 4.69) is 15.4 Å². The Morgan fingerprint density at radius 1 is 1.10 bits per heavy atom. The van der Waals surface area contributed by atoms with E-state index >= 15 is 0 Å². The number of aromatic nitrogens is 1. The number of amides is 1. The van der Waals surface area contributed by atoms with Crippen LogP contribution in [0.5, 0.6) is 11.5 Å². The second-order valence-electron chi connectivity index (χ2n) is 6.96. The molecule has 0 aliphatic carbocycles. The quantitative estimate of drug-likeness (QED) is 0.613. The maximum absolute atomic E-state index is 11.8. The molecule has 2 heterocycles. The number of amidine groups is 1. The molecule has 0 spiro atoms. The molecule has 2 aromatic carbocycles. The van der Waals surface area contributed by atoms with E-state index in [1.54, 1.807) is 25.4 Å². The standard InChI is InChI=1S/C23H23N5O3/c1-30-17-8-9-19(31-2)18(14-17)16-10-11-25-20(13-16)28-21(26-23(27-28)22(24)29)12-15-6-4-3-5-7-15/h3-11,13-14,21H,12H2,1-2H3,(H2,24,29)(H,26,27). The summed E-state index contributed by atoms with van der Waals surface area (Å²) < 4.78 is 10.9. The minimum atomic E-state index is -0.619. The van der Waals surface area contributed by atoms with Crippen LogP contribution in [-0.2, 0) is 11.2 Å². The Morgan fingerprint density at radius 2 is 1.90 bits per heavy atom. The van der Waals surface area contributed by atoms with Crippen molar-refractivity contribution in [2.45, 2.75) is 12.6 Å². The molecule has 4 rings (SSSR count). The fraction of sp³-hybridized carbons (Fsp3) is 0.174. The van der Waals surface area contributed by atoms with Crippen molar-refractivity contribution >= 4 is 17.6 Å². The molecule has 3 N–H and O–H groups in total. The number of hydrogen-bond donors (Lipinski definition) is 2. The Hall–Kier alpha value is -4.07. The van der Waals surface area contributed by atoms with Gasteiger partial charge < -0.3 is 15.2 Å². The molecule has 8 nitrogen and oxygen atoms in total. The van der Waals surface area contributed by atoms with Crippen LogP contribution >= 0.6 is 0 Å². The summed E-state index contributed by atoms with van der Waals surface area (Å²) in [7, 11) is 3.24. The lowest BCUT2D eigenvalue weighted by atomic mass is 10.0. The van der Waals surface area contributed by atoms with Gasteiger partial charge in [0, 0.05) is 18.2 Å². The molecule has 0 bridgehead atoms. The van der Waals surface area contributed by atoms with E-state index in [9.17, 15) is 4.79 Å². The molecule has 0 radical (unpaired) electrons. The number of hydrazine groups is 1. The molecule has 0 saturated heterocycles. The smallest absolute Gasteiger partial charge is 0.285 e. The monoisotopic (exact) mass is 417 g/mol. The third-order valence-corrected chi connectivity index (χ3v) is 5.01. The first kappa shape index (κ1) is 20.2. The predicted molar refractivity (Wildman–Crippen MR) is 119 cm³/mol. The average Bonchev–Trinajstić information content (AvgIpc) is 3.23. The van der Waals surface area contributed by atoms with Crippen LogP contribution in [0.2, 0.25) is 0 Å². The maximum Gasteiger partial charge on any atom is 0.285 e. The van der Waals surface area contributed by atoms with Crippen LogP contribution in [-0.4, -0.2) is 37.1 Å². The number of carbonyl (C=O) groups excluding carboxylic acids is 1. The number of pyridine rings is 1. The van der Waals surface area contributed by atoms with Gasteiger partial charge in [-0.2, -0.15) is 0 Å². The maximum atomic E-state index is 11.8. The lowest BCUT2D eigenvalue weighted by Crippen LogP contribution is -2.45. The highest BCUT2D eigenvalue weighted by atomic mass is 16.5. The largest absolute Gasteiger partial charge is 0.497 e. The number of nitrogens with zero attached hydrogens (tertiary/aromatic N) is 3. The Kier molecular flexibility index (Phi) is 5.70. The first-order chi connectivity index (χ1) is 15.1. The van der Waals surface area contributed by atoms with Crippen molar-refractivity contribution in [3.8, 4) is 22.6 Å². The molecule has 1 atom stereocenters. The number of ether oxygens (including phenoxy) is 2. The van der Waals surface area contributed by atoms with Crippen molar-refractivity contribution in [3.05, 3.63) is 72.4 Å². The van der Waals surface area contributed by atoms with Gasteiger partial charge in [0.05, 0.1) is 14.2 Å². The summed E-state index contributed by atoms with van der Waals surface area (Å²) in [6.07, 6.45) is 1.91. The molecule has 3 aromatic rings. The van der Waals surface area contributed by atoms with Crippen LogP contribution in [0.4, 0.5) is 5.82 Å². The van der Waals surface area contributed by atoms with E-state index in [4.69, 9.17) is 15.2 Å². The van der Waals surface area contributed by atoms with Gasteiger partial charge >= 0.3 is 0 Å². The number of methoxy groups -OCH3 is 2. The zero-order valence-electron chi connectivity index (χ0n) is 17.3. The number of rotatable bonds is 7.